The van der Waals surface area contributed by atoms with Gasteiger partial charge in [0.2, 0.25) is 11.0 Å². The highest BCUT2D eigenvalue weighted by Crippen LogP contribution is 2.23. The highest BCUT2D eigenvalue weighted by atomic mass is 32.1. The molecule has 4 rings (SSSR count). The molecule has 3 aromatic rings. The van der Waals surface area contributed by atoms with E-state index in [2.05, 4.69) is 59.2 Å². The Labute approximate surface area is 205 Å². The first kappa shape index (κ1) is 24.1. The Morgan fingerprint density at radius 3 is 2.47 bits per heavy atom. The standard InChI is InChI=1S/C26H32FN5OS/c1-19(2)32(26-28-24(29-34-26)18-21-8-10-22(27)11-9-21)13-12-25(33)31-16-14-30(15-17-31)23-7-5-4-6-20(23)3/h4-11,19H,12-18H2,1-3H3. The lowest BCUT2D eigenvalue weighted by atomic mass is 10.1. The van der Waals surface area contributed by atoms with Crippen LogP contribution < -0.4 is 9.80 Å². The van der Waals surface area contributed by atoms with Crippen LogP contribution in [0, 0.1) is 12.7 Å². The maximum absolute atomic E-state index is 13.2. The van der Waals surface area contributed by atoms with Crippen LogP contribution in [0.4, 0.5) is 15.2 Å². The number of rotatable bonds is 8. The van der Waals surface area contributed by atoms with Crippen molar-refractivity contribution in [2.45, 2.75) is 39.7 Å². The topological polar surface area (TPSA) is 52.6 Å². The third kappa shape index (κ3) is 5.91. The molecule has 2 heterocycles. The average molecular weight is 482 g/mol. The van der Waals surface area contributed by atoms with Crippen LogP contribution in [0.3, 0.4) is 0 Å². The molecule has 0 unspecified atom stereocenters. The van der Waals surface area contributed by atoms with Crippen molar-refractivity contribution >= 4 is 28.3 Å². The van der Waals surface area contributed by atoms with Crippen molar-refractivity contribution in [3.05, 3.63) is 71.3 Å². The zero-order valence-corrected chi connectivity index (χ0v) is 20.9. The maximum atomic E-state index is 13.2. The monoisotopic (exact) mass is 481 g/mol. The van der Waals surface area contributed by atoms with Gasteiger partial charge in [-0.25, -0.2) is 9.37 Å². The van der Waals surface area contributed by atoms with Gasteiger partial charge in [0.15, 0.2) is 0 Å². The summed E-state index contributed by atoms with van der Waals surface area (Å²) >= 11 is 1.35. The molecule has 2 aromatic carbocycles. The Morgan fingerprint density at radius 2 is 1.79 bits per heavy atom. The van der Waals surface area contributed by atoms with Crippen molar-refractivity contribution in [1.82, 2.24) is 14.3 Å². The van der Waals surface area contributed by atoms with Crippen molar-refractivity contribution < 1.29 is 9.18 Å². The minimum Gasteiger partial charge on any atom is -0.368 e. The van der Waals surface area contributed by atoms with Crippen molar-refractivity contribution in [3.8, 4) is 0 Å². The normalized spacial score (nSPS) is 14.0. The minimum atomic E-state index is -0.247. The van der Waals surface area contributed by atoms with Crippen molar-refractivity contribution in [3.63, 3.8) is 0 Å². The molecule has 0 spiro atoms. The highest BCUT2D eigenvalue weighted by Gasteiger charge is 2.24. The van der Waals surface area contributed by atoms with Crippen molar-refractivity contribution in [1.29, 1.82) is 0 Å². The van der Waals surface area contributed by atoms with Gasteiger partial charge in [0.1, 0.15) is 11.6 Å². The maximum Gasteiger partial charge on any atom is 0.224 e. The molecule has 0 bridgehead atoms. The number of anilines is 2. The van der Waals surface area contributed by atoms with E-state index in [0.29, 0.717) is 19.4 Å². The molecular weight excluding hydrogens is 449 g/mol. The number of halogens is 1. The molecule has 0 aliphatic carbocycles. The van der Waals surface area contributed by atoms with E-state index in [0.717, 1.165) is 42.7 Å². The quantitative estimate of drug-likeness (QED) is 0.473. The smallest absolute Gasteiger partial charge is 0.224 e. The lowest BCUT2D eigenvalue weighted by Gasteiger charge is -2.37. The van der Waals surface area contributed by atoms with E-state index in [1.807, 2.05) is 4.90 Å². The van der Waals surface area contributed by atoms with Gasteiger partial charge in [0.05, 0.1) is 0 Å². The second kappa shape index (κ2) is 11.0. The van der Waals surface area contributed by atoms with Crippen LogP contribution in [0.25, 0.3) is 0 Å². The summed E-state index contributed by atoms with van der Waals surface area (Å²) in [6.45, 7) is 10.1. The SMILES string of the molecule is Cc1ccccc1N1CCN(C(=O)CCN(c2nc(Cc3ccc(F)cc3)ns2)C(C)C)CC1. The van der Waals surface area contributed by atoms with Crippen LogP contribution in [0.15, 0.2) is 48.5 Å². The Kier molecular flexibility index (Phi) is 7.77. The fourth-order valence-corrected chi connectivity index (χ4v) is 5.13. The zero-order valence-electron chi connectivity index (χ0n) is 20.1. The molecule has 0 saturated carbocycles. The van der Waals surface area contributed by atoms with Gasteiger partial charge in [-0.05, 0) is 50.1 Å². The van der Waals surface area contributed by atoms with Gasteiger partial charge in [-0.15, -0.1) is 0 Å². The number of benzene rings is 2. The number of piperazine rings is 1. The highest BCUT2D eigenvalue weighted by molar-refractivity contribution is 7.09. The Bertz CT molecular complexity index is 1090. The summed E-state index contributed by atoms with van der Waals surface area (Å²) in [6, 6.07) is 15.0. The Morgan fingerprint density at radius 1 is 1.09 bits per heavy atom. The van der Waals surface area contributed by atoms with E-state index < -0.39 is 0 Å². The Balaban J connectivity index is 1.31. The van der Waals surface area contributed by atoms with E-state index in [1.165, 1.54) is 34.9 Å². The van der Waals surface area contributed by atoms with Crippen LogP contribution >= 0.6 is 11.5 Å². The fourth-order valence-electron chi connectivity index (χ4n) is 4.28. The summed E-state index contributed by atoms with van der Waals surface area (Å²) in [5.41, 5.74) is 3.50. The molecule has 1 aliphatic heterocycles. The van der Waals surface area contributed by atoms with Crippen LogP contribution in [-0.2, 0) is 11.2 Å². The van der Waals surface area contributed by atoms with E-state index in [-0.39, 0.29) is 17.8 Å². The average Bonchev–Trinajstić information content (AvgIpc) is 3.29. The minimum absolute atomic E-state index is 0.186. The number of nitrogens with zero attached hydrogens (tertiary/aromatic N) is 5. The Hall–Kier alpha value is -3.00. The van der Waals surface area contributed by atoms with Crippen molar-refractivity contribution in [2.75, 3.05) is 42.5 Å². The zero-order chi connectivity index (χ0) is 24.1. The number of aryl methyl sites for hydroxylation is 1. The van der Waals surface area contributed by atoms with Gasteiger partial charge in [-0.3, -0.25) is 4.79 Å². The number of para-hydroxylation sites is 1. The van der Waals surface area contributed by atoms with Crippen LogP contribution in [0.2, 0.25) is 0 Å². The molecule has 1 aromatic heterocycles. The van der Waals surface area contributed by atoms with Gasteiger partial charge in [0, 0.05) is 68.8 Å². The first-order chi connectivity index (χ1) is 16.4. The molecule has 1 amide bonds. The van der Waals surface area contributed by atoms with E-state index in [4.69, 9.17) is 4.98 Å². The molecule has 1 fully saturated rings. The van der Waals surface area contributed by atoms with Crippen molar-refractivity contribution in [2.24, 2.45) is 0 Å². The van der Waals surface area contributed by atoms with E-state index >= 15 is 0 Å². The summed E-state index contributed by atoms with van der Waals surface area (Å²) < 4.78 is 17.6. The molecule has 6 nitrogen and oxygen atoms in total. The molecule has 0 N–H and O–H groups in total. The number of amides is 1. The van der Waals surface area contributed by atoms with Gasteiger partial charge in [-0.1, -0.05) is 30.3 Å². The second-order valence-corrected chi connectivity index (χ2v) is 9.72. The predicted octanol–water partition coefficient (Wildman–Crippen LogP) is 4.53. The summed E-state index contributed by atoms with van der Waals surface area (Å²) in [5, 5.41) is 0.823. The lowest BCUT2D eigenvalue weighted by molar-refractivity contribution is -0.131. The van der Waals surface area contributed by atoms with Crippen LogP contribution in [0.5, 0.6) is 0 Å². The summed E-state index contributed by atoms with van der Waals surface area (Å²) in [6.07, 6.45) is 1.02. The van der Waals surface area contributed by atoms with E-state index in [9.17, 15) is 9.18 Å². The molecule has 0 radical (unpaired) electrons. The number of hydrogen-bond donors (Lipinski definition) is 0. The van der Waals surface area contributed by atoms with Gasteiger partial charge in [0.25, 0.3) is 0 Å². The fraction of sp³-hybridized carbons (Fsp3) is 0.423. The summed E-state index contributed by atoms with van der Waals surface area (Å²) in [5.74, 6) is 0.657. The molecule has 0 atom stereocenters. The predicted molar refractivity (Wildman–Crippen MR) is 136 cm³/mol. The van der Waals surface area contributed by atoms with Gasteiger partial charge in [-0.2, -0.15) is 4.37 Å². The van der Waals surface area contributed by atoms with Crippen LogP contribution in [0.1, 0.15) is 37.2 Å². The number of carbonyl (C=O) groups excluding carboxylic acids is 1. The van der Waals surface area contributed by atoms with Crippen LogP contribution in [-0.4, -0.2) is 58.9 Å². The molecule has 1 saturated heterocycles. The van der Waals surface area contributed by atoms with Gasteiger partial charge < -0.3 is 14.7 Å². The molecular formula is C26H32FN5OS. The third-order valence-corrected chi connectivity index (χ3v) is 7.05. The number of hydrogen-bond acceptors (Lipinski definition) is 6. The molecule has 8 heteroatoms. The van der Waals surface area contributed by atoms with Gasteiger partial charge >= 0.3 is 0 Å². The third-order valence-electron chi connectivity index (χ3n) is 6.26. The summed E-state index contributed by atoms with van der Waals surface area (Å²) in [7, 11) is 0. The largest absolute Gasteiger partial charge is 0.368 e. The first-order valence-corrected chi connectivity index (χ1v) is 12.6. The molecule has 180 valence electrons. The lowest BCUT2D eigenvalue weighted by Crippen LogP contribution is -2.49. The molecule has 1 aliphatic rings. The summed E-state index contributed by atoms with van der Waals surface area (Å²) in [4.78, 5) is 24.1. The first-order valence-electron chi connectivity index (χ1n) is 11.8. The second-order valence-electron chi connectivity index (χ2n) is 8.99. The molecule has 34 heavy (non-hydrogen) atoms. The number of aromatic nitrogens is 2. The van der Waals surface area contributed by atoms with E-state index in [1.54, 1.807) is 12.1 Å². The number of carbonyl (C=O) groups is 1.